The molecule has 3 aliphatic rings. The molecule has 248 valence electrons. The second-order valence-corrected chi connectivity index (χ2v) is 12.9. The van der Waals surface area contributed by atoms with Crippen LogP contribution in [0.4, 0.5) is 0 Å². The van der Waals surface area contributed by atoms with Crippen molar-refractivity contribution < 1.29 is 28.7 Å². The third-order valence-corrected chi connectivity index (χ3v) is 9.57. The molecule has 2 fully saturated rings. The first-order valence-electron chi connectivity index (χ1n) is 16.1. The van der Waals surface area contributed by atoms with Gasteiger partial charge in [0.2, 0.25) is 17.7 Å². The van der Waals surface area contributed by atoms with Crippen LogP contribution in [0.2, 0.25) is 0 Å². The Morgan fingerprint density at radius 2 is 1.79 bits per heavy atom. The molecule has 14 heteroatoms. The Labute approximate surface area is 284 Å². The van der Waals surface area contributed by atoms with E-state index in [1.54, 1.807) is 24.4 Å². The monoisotopic (exact) mass is 715 g/mol. The summed E-state index contributed by atoms with van der Waals surface area (Å²) in [4.78, 5) is 61.5. The van der Waals surface area contributed by atoms with Crippen molar-refractivity contribution in [3.05, 3.63) is 70.6 Å². The number of nitrogens with zero attached hydrogens (tertiary/aromatic N) is 7. The second-order valence-electron chi connectivity index (χ2n) is 12.0. The average molecular weight is 717 g/mol. The van der Waals surface area contributed by atoms with E-state index in [2.05, 4.69) is 26.0 Å². The predicted molar refractivity (Wildman–Crippen MR) is 176 cm³/mol. The van der Waals surface area contributed by atoms with Gasteiger partial charge < -0.3 is 14.4 Å². The average Bonchev–Trinajstić information content (AvgIpc) is 3.71. The van der Waals surface area contributed by atoms with E-state index in [0.29, 0.717) is 49.6 Å². The van der Waals surface area contributed by atoms with E-state index in [0.717, 1.165) is 44.6 Å². The third kappa shape index (κ3) is 6.54. The largest absolute Gasteiger partial charge is 0.491 e. The summed E-state index contributed by atoms with van der Waals surface area (Å²) in [6.45, 7) is 2.31. The molecule has 2 aromatic heterocycles. The molecule has 48 heavy (non-hydrogen) atoms. The summed E-state index contributed by atoms with van der Waals surface area (Å²) in [5.41, 5.74) is 4.45. The highest BCUT2D eigenvalue weighted by atomic mass is 79.9. The zero-order chi connectivity index (χ0) is 33.2. The van der Waals surface area contributed by atoms with Gasteiger partial charge in [-0.05, 0) is 71.1 Å². The highest BCUT2D eigenvalue weighted by molar-refractivity contribution is 9.10. The molecule has 5 heterocycles. The minimum atomic E-state index is -0.367. The van der Waals surface area contributed by atoms with Crippen molar-refractivity contribution in [1.29, 1.82) is 0 Å². The van der Waals surface area contributed by atoms with Gasteiger partial charge in [0.05, 0.1) is 55.8 Å². The maximum Gasteiger partial charge on any atom is 0.273 e. The number of benzene rings is 2. The molecule has 4 amide bonds. The number of hydrogen-bond acceptors (Lipinski definition) is 9. The van der Waals surface area contributed by atoms with Crippen LogP contribution in [0, 0.1) is 0 Å². The number of hydrogen-bond donors (Lipinski definition) is 0. The van der Waals surface area contributed by atoms with E-state index < -0.39 is 0 Å². The Morgan fingerprint density at radius 1 is 0.979 bits per heavy atom. The highest BCUT2D eigenvalue weighted by Gasteiger charge is 2.39. The molecule has 0 N–H and O–H groups in total. The molecular weight excluding hydrogens is 682 g/mol. The molecule has 13 nitrogen and oxygen atoms in total. The zero-order valence-electron chi connectivity index (χ0n) is 26.2. The standard InChI is InChI=1S/C34H34BrN7O6/c35-27-3-1-4-28-33(27)38-29(19-36-28)23-18-37-40(20-23)24-9-12-39(13-10-24)30(43)11-14-47-15-16-48-25-7-8-26-22(17-25)21-41(34(26)46)42-31(44)5-2-6-32(42)45/h1,3-4,7-8,17-20,24H,2,5-6,9-16,21H2. The first-order chi connectivity index (χ1) is 23.4. The first kappa shape index (κ1) is 31.9. The van der Waals surface area contributed by atoms with Gasteiger partial charge in [0.1, 0.15) is 17.9 Å². The molecule has 0 atom stereocenters. The van der Waals surface area contributed by atoms with Crippen LogP contribution in [-0.2, 0) is 25.7 Å². The lowest BCUT2D eigenvalue weighted by molar-refractivity contribution is -0.163. The van der Waals surface area contributed by atoms with E-state index in [9.17, 15) is 19.2 Å². The Hall–Kier alpha value is -4.69. The lowest BCUT2D eigenvalue weighted by Crippen LogP contribution is -2.51. The lowest BCUT2D eigenvalue weighted by Gasteiger charge is -2.32. The number of para-hydroxylation sites is 1. The molecule has 7 rings (SSSR count). The molecule has 3 aliphatic heterocycles. The van der Waals surface area contributed by atoms with Crippen LogP contribution in [0.3, 0.4) is 0 Å². The molecule has 0 unspecified atom stereocenters. The first-order valence-corrected chi connectivity index (χ1v) is 16.9. The number of ether oxygens (including phenoxy) is 2. The molecular formula is C34H34BrN7O6. The van der Waals surface area contributed by atoms with Crippen molar-refractivity contribution in [1.82, 2.24) is 34.7 Å². The minimum absolute atomic E-state index is 0.0612. The maximum absolute atomic E-state index is 12.9. The lowest BCUT2D eigenvalue weighted by atomic mass is 10.0. The summed E-state index contributed by atoms with van der Waals surface area (Å²) in [5, 5.41) is 6.80. The number of rotatable bonds is 10. The van der Waals surface area contributed by atoms with Crippen LogP contribution in [0.1, 0.15) is 60.5 Å². The minimum Gasteiger partial charge on any atom is -0.491 e. The Kier molecular flexibility index (Phi) is 9.17. The van der Waals surface area contributed by atoms with Crippen LogP contribution >= 0.6 is 15.9 Å². The SMILES string of the molecule is O=C(CCOCCOc1ccc2c(c1)CN(N1C(=O)CCCC1=O)C2=O)N1CCC(n2cc(-c3cnc4cccc(Br)c4n3)cn2)CC1. The van der Waals surface area contributed by atoms with Crippen LogP contribution < -0.4 is 4.74 Å². The molecule has 2 saturated heterocycles. The summed E-state index contributed by atoms with van der Waals surface area (Å²) in [6, 6.07) is 11.1. The number of imide groups is 1. The van der Waals surface area contributed by atoms with Crippen molar-refractivity contribution in [2.75, 3.05) is 32.9 Å². The van der Waals surface area contributed by atoms with E-state index in [1.165, 1.54) is 5.01 Å². The normalized spacial score (nSPS) is 17.0. The van der Waals surface area contributed by atoms with Crippen LogP contribution in [0.25, 0.3) is 22.3 Å². The molecule has 4 aromatic rings. The number of halogens is 1. The summed E-state index contributed by atoms with van der Waals surface area (Å²) >= 11 is 3.55. The fourth-order valence-electron chi connectivity index (χ4n) is 6.37. The number of hydrazine groups is 1. The van der Waals surface area contributed by atoms with E-state index in [1.807, 2.05) is 40.2 Å². The Morgan fingerprint density at radius 3 is 2.60 bits per heavy atom. The molecule has 0 aliphatic carbocycles. The number of likely N-dealkylation sites (tertiary alicyclic amines) is 1. The van der Waals surface area contributed by atoms with Gasteiger partial charge in [-0.25, -0.2) is 9.99 Å². The van der Waals surface area contributed by atoms with Gasteiger partial charge in [-0.1, -0.05) is 6.07 Å². The van der Waals surface area contributed by atoms with Crippen molar-refractivity contribution in [3.63, 3.8) is 0 Å². The van der Waals surface area contributed by atoms with Gasteiger partial charge in [0, 0.05) is 47.7 Å². The molecule has 0 saturated carbocycles. The number of fused-ring (bicyclic) bond motifs is 2. The van der Waals surface area contributed by atoms with Crippen molar-refractivity contribution in [2.24, 2.45) is 0 Å². The van der Waals surface area contributed by atoms with Crippen LogP contribution in [-0.4, -0.2) is 91.2 Å². The van der Waals surface area contributed by atoms with Gasteiger partial charge in [-0.2, -0.15) is 10.1 Å². The Balaban J connectivity index is 0.820. The predicted octanol–water partition coefficient (Wildman–Crippen LogP) is 4.31. The zero-order valence-corrected chi connectivity index (χ0v) is 27.8. The number of amides is 4. The maximum atomic E-state index is 12.9. The smallest absolute Gasteiger partial charge is 0.273 e. The second kappa shape index (κ2) is 13.8. The summed E-state index contributed by atoms with van der Waals surface area (Å²) in [7, 11) is 0. The van der Waals surface area contributed by atoms with Gasteiger partial charge >= 0.3 is 0 Å². The van der Waals surface area contributed by atoms with Gasteiger partial charge in [0.25, 0.3) is 5.91 Å². The fraction of sp³-hybridized carbons (Fsp3) is 0.382. The summed E-state index contributed by atoms with van der Waals surface area (Å²) < 4.78 is 14.3. The van der Waals surface area contributed by atoms with Crippen LogP contribution in [0.15, 0.2) is 59.5 Å². The third-order valence-electron chi connectivity index (χ3n) is 8.93. The van der Waals surface area contributed by atoms with Crippen LogP contribution in [0.5, 0.6) is 5.75 Å². The summed E-state index contributed by atoms with van der Waals surface area (Å²) in [6.07, 6.45) is 8.50. The van der Waals surface area contributed by atoms with Crippen molar-refractivity contribution >= 4 is 50.6 Å². The van der Waals surface area contributed by atoms with E-state index in [-0.39, 0.29) is 62.1 Å². The molecule has 2 aromatic carbocycles. The van der Waals surface area contributed by atoms with Gasteiger partial charge in [-0.3, -0.25) is 28.8 Å². The molecule has 0 spiro atoms. The fourth-order valence-corrected chi connectivity index (χ4v) is 6.81. The van der Waals surface area contributed by atoms with Gasteiger partial charge in [0.15, 0.2) is 0 Å². The topological polar surface area (TPSA) is 140 Å². The quantitative estimate of drug-likeness (QED) is 0.174. The van der Waals surface area contributed by atoms with E-state index >= 15 is 0 Å². The molecule has 0 bridgehead atoms. The summed E-state index contributed by atoms with van der Waals surface area (Å²) in [5.74, 6) is -0.450. The number of aromatic nitrogens is 4. The van der Waals surface area contributed by atoms with Crippen molar-refractivity contribution in [2.45, 2.75) is 51.1 Å². The van der Waals surface area contributed by atoms with E-state index in [4.69, 9.17) is 14.5 Å². The van der Waals surface area contributed by atoms with Gasteiger partial charge in [-0.15, -0.1) is 0 Å². The highest BCUT2D eigenvalue weighted by Crippen LogP contribution is 2.30. The number of carbonyl (C=O) groups excluding carboxylic acids is 4. The van der Waals surface area contributed by atoms with Crippen molar-refractivity contribution in [3.8, 4) is 17.0 Å². The number of piperidine rings is 2. The molecule has 0 radical (unpaired) electrons. The number of carbonyl (C=O) groups is 4. The Bertz CT molecular complexity index is 1870.